The molecule has 98 valence electrons. The summed E-state index contributed by atoms with van der Waals surface area (Å²) < 4.78 is 1.35. The van der Waals surface area contributed by atoms with Crippen LogP contribution in [0.1, 0.15) is 10.6 Å². The summed E-state index contributed by atoms with van der Waals surface area (Å²) in [5.74, 6) is -0.716. The number of benzene rings is 1. The number of rotatable bonds is 3. The number of para-hydroxylation sites is 1. The van der Waals surface area contributed by atoms with Crippen molar-refractivity contribution in [1.29, 1.82) is 0 Å². The molecule has 0 aliphatic rings. The van der Waals surface area contributed by atoms with Gasteiger partial charge in [-0.2, -0.15) is 0 Å². The number of carbonyl (C=O) groups is 1. The van der Waals surface area contributed by atoms with Crippen molar-refractivity contribution in [2.45, 2.75) is 0 Å². The highest BCUT2D eigenvalue weighted by Crippen LogP contribution is 2.16. The van der Waals surface area contributed by atoms with Crippen molar-refractivity contribution >= 4 is 17.4 Å². The molecule has 0 atom stereocenters. The molecule has 1 amide bonds. The Labute approximate surface area is 109 Å². The fraction of sp³-hybridized carbons (Fsp3) is 0.167. The van der Waals surface area contributed by atoms with E-state index in [1.807, 2.05) is 6.07 Å². The van der Waals surface area contributed by atoms with Gasteiger partial charge in [-0.15, -0.1) is 0 Å². The molecule has 0 saturated carbocycles. The minimum Gasteiger partial charge on any atom is -0.358 e. The van der Waals surface area contributed by atoms with Gasteiger partial charge in [0.1, 0.15) is 6.20 Å². The van der Waals surface area contributed by atoms with Crippen LogP contribution in [-0.4, -0.2) is 27.4 Å². The lowest BCUT2D eigenvalue weighted by molar-refractivity contribution is -0.389. The van der Waals surface area contributed by atoms with Gasteiger partial charge in [-0.05, 0) is 22.0 Å². The van der Waals surface area contributed by atoms with E-state index in [0.29, 0.717) is 5.69 Å². The van der Waals surface area contributed by atoms with Gasteiger partial charge in [0.25, 0.3) is 0 Å². The first kappa shape index (κ1) is 12.7. The van der Waals surface area contributed by atoms with Gasteiger partial charge in [0.15, 0.2) is 0 Å². The second-order valence-electron chi connectivity index (χ2n) is 3.99. The molecule has 7 nitrogen and oxygen atoms in total. The molecule has 0 fully saturated rings. The predicted molar refractivity (Wildman–Crippen MR) is 69.0 cm³/mol. The minimum absolute atomic E-state index is 0.0260. The zero-order valence-corrected chi connectivity index (χ0v) is 10.5. The van der Waals surface area contributed by atoms with Crippen molar-refractivity contribution in [2.75, 3.05) is 11.9 Å². The van der Waals surface area contributed by atoms with Crippen molar-refractivity contribution in [3.8, 4) is 0 Å². The smallest absolute Gasteiger partial charge is 0.358 e. The molecule has 2 aromatic rings. The normalized spacial score (nSPS) is 10.2. The zero-order chi connectivity index (χ0) is 14.0. The molecule has 0 N–H and O–H groups in total. The molecule has 1 aromatic carbocycles. The van der Waals surface area contributed by atoms with E-state index in [9.17, 15) is 14.9 Å². The average Bonchev–Trinajstić information content (AvgIpc) is 2.80. The summed E-state index contributed by atoms with van der Waals surface area (Å²) >= 11 is 0. The maximum absolute atomic E-state index is 12.2. The number of nitrogens with zero attached hydrogens (tertiary/aromatic N) is 4. The topological polar surface area (TPSA) is 81.3 Å². The van der Waals surface area contributed by atoms with Crippen molar-refractivity contribution in [3.63, 3.8) is 0 Å². The van der Waals surface area contributed by atoms with Crippen LogP contribution in [-0.2, 0) is 7.05 Å². The van der Waals surface area contributed by atoms with Gasteiger partial charge in [0.05, 0.1) is 0 Å². The van der Waals surface area contributed by atoms with E-state index >= 15 is 0 Å². The number of nitro groups is 1. The van der Waals surface area contributed by atoms with Gasteiger partial charge in [-0.3, -0.25) is 4.79 Å². The van der Waals surface area contributed by atoms with Crippen LogP contribution in [0.5, 0.6) is 0 Å². The predicted octanol–water partition coefficient (Wildman–Crippen LogP) is 1.60. The van der Waals surface area contributed by atoms with Crippen LogP contribution in [0.25, 0.3) is 0 Å². The van der Waals surface area contributed by atoms with E-state index in [1.165, 1.54) is 15.7 Å². The second kappa shape index (κ2) is 4.89. The van der Waals surface area contributed by atoms with E-state index in [-0.39, 0.29) is 11.6 Å². The molecule has 19 heavy (non-hydrogen) atoms. The maximum Gasteiger partial charge on any atom is 0.382 e. The summed E-state index contributed by atoms with van der Waals surface area (Å²) in [5.41, 5.74) is 0.693. The van der Waals surface area contributed by atoms with Gasteiger partial charge in [0.2, 0.25) is 0 Å². The average molecular weight is 260 g/mol. The molecule has 1 aromatic heterocycles. The van der Waals surface area contributed by atoms with Crippen molar-refractivity contribution in [2.24, 2.45) is 7.05 Å². The third-order valence-corrected chi connectivity index (χ3v) is 2.69. The quantitative estimate of drug-likeness (QED) is 0.620. The minimum atomic E-state index is -0.626. The monoisotopic (exact) mass is 260 g/mol. The highest BCUT2D eigenvalue weighted by Gasteiger charge is 2.26. The Hall–Kier alpha value is -2.70. The molecule has 0 spiro atoms. The van der Waals surface area contributed by atoms with Crippen LogP contribution in [0.15, 0.2) is 36.5 Å². The summed E-state index contributed by atoms with van der Waals surface area (Å²) in [5, 5.41) is 10.6. The number of aryl methyl sites for hydroxylation is 1. The van der Waals surface area contributed by atoms with Crippen molar-refractivity contribution in [3.05, 3.63) is 52.5 Å². The molecule has 1 heterocycles. The zero-order valence-electron chi connectivity index (χ0n) is 10.5. The Bertz CT molecular complexity index is 621. The molecule has 2 rings (SSSR count). The molecular weight excluding hydrogens is 248 g/mol. The third-order valence-electron chi connectivity index (χ3n) is 2.69. The fourth-order valence-corrected chi connectivity index (χ4v) is 1.66. The van der Waals surface area contributed by atoms with Crippen LogP contribution in [0, 0.1) is 10.1 Å². The van der Waals surface area contributed by atoms with Crippen molar-refractivity contribution < 1.29 is 9.72 Å². The van der Waals surface area contributed by atoms with E-state index < -0.39 is 10.8 Å². The van der Waals surface area contributed by atoms with Crippen LogP contribution < -0.4 is 4.90 Å². The lowest BCUT2D eigenvalue weighted by Gasteiger charge is -2.14. The van der Waals surface area contributed by atoms with Crippen molar-refractivity contribution in [1.82, 2.24) is 9.55 Å². The first-order chi connectivity index (χ1) is 9.00. The fourth-order valence-electron chi connectivity index (χ4n) is 1.66. The van der Waals surface area contributed by atoms with Gasteiger partial charge >= 0.3 is 17.5 Å². The summed E-state index contributed by atoms with van der Waals surface area (Å²) in [6.45, 7) is 0. The molecule has 0 bridgehead atoms. The number of carbonyl (C=O) groups excluding carboxylic acids is 1. The standard InChI is InChI=1S/C12H12N4O3/c1-14-8-10(16(18)19)13-11(14)12(17)15(2)9-6-4-3-5-7-9/h3-8H,1-2H3. The van der Waals surface area contributed by atoms with Crippen LogP contribution in [0.2, 0.25) is 0 Å². The maximum atomic E-state index is 12.2. The number of aromatic nitrogens is 2. The molecule has 0 aliphatic carbocycles. The SMILES string of the molecule is CN(C(=O)c1nc([N+](=O)[O-])cn1C)c1ccccc1. The number of imidazole rings is 1. The Balaban J connectivity index is 2.32. The highest BCUT2D eigenvalue weighted by molar-refractivity contribution is 6.03. The highest BCUT2D eigenvalue weighted by atomic mass is 16.6. The lowest BCUT2D eigenvalue weighted by Crippen LogP contribution is -2.28. The third kappa shape index (κ3) is 2.44. The van der Waals surface area contributed by atoms with E-state index in [4.69, 9.17) is 0 Å². The van der Waals surface area contributed by atoms with Gasteiger partial charge in [-0.1, -0.05) is 18.2 Å². The molecule has 0 radical (unpaired) electrons. The van der Waals surface area contributed by atoms with E-state index in [2.05, 4.69) is 4.98 Å². The van der Waals surface area contributed by atoms with E-state index in [1.54, 1.807) is 38.4 Å². The Morgan fingerprint density at radius 1 is 1.37 bits per heavy atom. The first-order valence-electron chi connectivity index (χ1n) is 5.51. The largest absolute Gasteiger partial charge is 0.382 e. The lowest BCUT2D eigenvalue weighted by atomic mass is 10.3. The molecular formula is C12H12N4O3. The molecule has 0 aliphatic heterocycles. The van der Waals surface area contributed by atoms with Crippen LogP contribution >= 0.6 is 0 Å². The number of amides is 1. The number of hydrogen-bond acceptors (Lipinski definition) is 4. The summed E-state index contributed by atoms with van der Waals surface area (Å²) in [6.07, 6.45) is 1.21. The van der Waals surface area contributed by atoms with Crippen LogP contribution in [0.3, 0.4) is 0 Å². The van der Waals surface area contributed by atoms with Gasteiger partial charge in [0, 0.05) is 19.8 Å². The molecule has 0 unspecified atom stereocenters. The van der Waals surface area contributed by atoms with Gasteiger partial charge in [-0.25, -0.2) is 0 Å². The van der Waals surface area contributed by atoms with E-state index in [0.717, 1.165) is 0 Å². The summed E-state index contributed by atoms with van der Waals surface area (Å²) in [7, 11) is 3.14. The second-order valence-corrected chi connectivity index (χ2v) is 3.99. The number of anilines is 1. The number of hydrogen-bond donors (Lipinski definition) is 0. The Morgan fingerprint density at radius 2 is 2.00 bits per heavy atom. The Kier molecular flexibility index (Phi) is 3.28. The summed E-state index contributed by atoms with van der Waals surface area (Å²) in [6, 6.07) is 9.00. The van der Waals surface area contributed by atoms with Gasteiger partial charge < -0.3 is 19.6 Å². The summed E-state index contributed by atoms with van der Waals surface area (Å²) in [4.78, 5) is 27.4. The Morgan fingerprint density at radius 3 is 2.53 bits per heavy atom. The molecule has 0 saturated heterocycles. The first-order valence-corrected chi connectivity index (χ1v) is 5.51. The van der Waals surface area contributed by atoms with Crippen LogP contribution in [0.4, 0.5) is 11.5 Å². The molecule has 7 heteroatoms.